The van der Waals surface area contributed by atoms with Crippen molar-refractivity contribution in [2.24, 2.45) is 0 Å². The normalized spacial score (nSPS) is 19.5. The largest absolute Gasteiger partial charge is 0.470 e. The second-order valence-corrected chi connectivity index (χ2v) is 6.00. The van der Waals surface area contributed by atoms with Crippen molar-refractivity contribution in [2.45, 2.75) is 32.3 Å². The molecule has 0 amide bonds. The quantitative estimate of drug-likeness (QED) is 0.878. The van der Waals surface area contributed by atoms with E-state index >= 15 is 0 Å². The van der Waals surface area contributed by atoms with Crippen molar-refractivity contribution in [3.63, 3.8) is 0 Å². The van der Waals surface area contributed by atoms with E-state index in [0.29, 0.717) is 22.3 Å². The molecule has 1 aromatic heterocycles. The van der Waals surface area contributed by atoms with Crippen LogP contribution in [0.4, 0.5) is 0 Å². The van der Waals surface area contributed by atoms with Gasteiger partial charge in [-0.25, -0.2) is 4.98 Å². The summed E-state index contributed by atoms with van der Waals surface area (Å²) in [5.41, 5.74) is 0.916. The van der Waals surface area contributed by atoms with Crippen LogP contribution in [0.15, 0.2) is 29.1 Å². The number of hydrogen-bond donors (Lipinski definition) is 1. The number of aromatic amines is 1. The highest BCUT2D eigenvalue weighted by atomic mass is 35.5. The van der Waals surface area contributed by atoms with Gasteiger partial charge in [-0.1, -0.05) is 23.7 Å². The van der Waals surface area contributed by atoms with E-state index in [1.54, 1.807) is 6.92 Å². The zero-order valence-corrected chi connectivity index (χ0v) is 12.3. The topological polar surface area (TPSA) is 55.0 Å². The summed E-state index contributed by atoms with van der Waals surface area (Å²) in [6, 6.07) is 7.49. The Hall–Kier alpha value is -1.81. The Kier molecular flexibility index (Phi) is 2.87. The highest BCUT2D eigenvalue weighted by molar-refractivity contribution is 6.30. The van der Waals surface area contributed by atoms with E-state index in [-0.39, 0.29) is 11.5 Å². The summed E-state index contributed by atoms with van der Waals surface area (Å²) in [6.07, 6.45) is 0. The van der Waals surface area contributed by atoms with E-state index < -0.39 is 5.60 Å². The number of nitrogens with one attached hydrogen (secondary N) is 1. The average molecular weight is 291 g/mol. The Labute approximate surface area is 121 Å². The molecule has 5 heteroatoms. The van der Waals surface area contributed by atoms with Crippen molar-refractivity contribution >= 4 is 11.6 Å². The van der Waals surface area contributed by atoms with Crippen LogP contribution < -0.4 is 10.3 Å². The van der Waals surface area contributed by atoms with Crippen molar-refractivity contribution in [2.75, 3.05) is 0 Å². The molecule has 4 nitrogen and oxygen atoms in total. The maximum atomic E-state index is 12.3. The lowest BCUT2D eigenvalue weighted by Crippen LogP contribution is -2.32. The van der Waals surface area contributed by atoms with Crippen molar-refractivity contribution in [3.8, 4) is 5.88 Å². The molecule has 1 atom stereocenters. The molecule has 0 bridgehead atoms. The molecule has 2 heterocycles. The highest BCUT2D eigenvalue weighted by Gasteiger charge is 2.45. The van der Waals surface area contributed by atoms with Gasteiger partial charge in [0.05, 0.1) is 11.5 Å². The van der Waals surface area contributed by atoms with Crippen molar-refractivity contribution in [1.29, 1.82) is 0 Å². The first kappa shape index (κ1) is 13.2. The van der Waals surface area contributed by atoms with Crippen LogP contribution in [-0.4, -0.2) is 15.6 Å². The fourth-order valence-corrected chi connectivity index (χ4v) is 2.91. The molecule has 0 spiro atoms. The molecule has 0 aliphatic carbocycles. The Morgan fingerprint density at radius 2 is 1.95 bits per heavy atom. The molecule has 1 aromatic carbocycles. The Morgan fingerprint density at radius 3 is 2.60 bits per heavy atom. The number of nitrogens with zero attached hydrogens (tertiary/aromatic N) is 1. The third kappa shape index (κ3) is 2.00. The average Bonchev–Trinajstić information content (AvgIpc) is 2.61. The molecule has 1 aliphatic heterocycles. The Morgan fingerprint density at radius 1 is 1.30 bits per heavy atom. The molecule has 0 saturated carbocycles. The minimum atomic E-state index is -0.524. The van der Waals surface area contributed by atoms with Gasteiger partial charge in [0.1, 0.15) is 11.4 Å². The lowest BCUT2D eigenvalue weighted by molar-refractivity contribution is 0.117. The number of ether oxygens (including phenoxy) is 1. The van der Waals surface area contributed by atoms with Gasteiger partial charge in [0, 0.05) is 5.02 Å². The van der Waals surface area contributed by atoms with Gasteiger partial charge in [-0.2, -0.15) is 0 Å². The Bertz CT molecular complexity index is 720. The summed E-state index contributed by atoms with van der Waals surface area (Å²) < 4.78 is 5.89. The summed E-state index contributed by atoms with van der Waals surface area (Å²) in [5.74, 6) is 0.823. The van der Waals surface area contributed by atoms with Gasteiger partial charge in [0.15, 0.2) is 0 Å². The molecule has 104 valence electrons. The van der Waals surface area contributed by atoms with Crippen LogP contribution >= 0.6 is 11.6 Å². The van der Waals surface area contributed by atoms with Crippen molar-refractivity contribution < 1.29 is 4.74 Å². The number of aryl methyl sites for hydroxylation is 1. The van der Waals surface area contributed by atoms with Crippen LogP contribution in [-0.2, 0) is 0 Å². The van der Waals surface area contributed by atoms with E-state index in [1.807, 2.05) is 38.1 Å². The molecule has 0 radical (unpaired) electrons. The molecule has 20 heavy (non-hydrogen) atoms. The summed E-state index contributed by atoms with van der Waals surface area (Å²) in [7, 11) is 0. The maximum absolute atomic E-state index is 12.3. The molecule has 1 unspecified atom stereocenters. The lowest BCUT2D eigenvalue weighted by atomic mass is 9.82. The van der Waals surface area contributed by atoms with E-state index in [2.05, 4.69) is 9.97 Å². The van der Waals surface area contributed by atoms with E-state index in [4.69, 9.17) is 16.3 Å². The SMILES string of the molecule is Cc1nc2c(c(=O)[nH]1)C(c1ccc(Cl)cc1)C(C)(C)O2. The number of halogens is 1. The summed E-state index contributed by atoms with van der Waals surface area (Å²) in [4.78, 5) is 19.3. The lowest BCUT2D eigenvalue weighted by Gasteiger charge is -2.26. The minimum absolute atomic E-state index is 0.141. The first-order valence-electron chi connectivity index (χ1n) is 6.44. The van der Waals surface area contributed by atoms with Gasteiger partial charge in [-0.15, -0.1) is 0 Å². The maximum Gasteiger partial charge on any atom is 0.258 e. The van der Waals surface area contributed by atoms with Crippen LogP contribution in [0.5, 0.6) is 5.88 Å². The number of aromatic nitrogens is 2. The third-order valence-electron chi connectivity index (χ3n) is 3.59. The van der Waals surface area contributed by atoms with Crippen LogP contribution in [0.25, 0.3) is 0 Å². The molecule has 3 rings (SSSR count). The number of H-pyrrole nitrogens is 1. The standard InChI is InChI=1S/C15H15ClN2O2/c1-8-17-13(19)11-12(9-4-6-10(16)7-5-9)15(2,3)20-14(11)18-8/h4-7,12H,1-3H3,(H,17,18,19). The molecule has 1 N–H and O–H groups in total. The van der Waals surface area contributed by atoms with Gasteiger partial charge in [-0.3, -0.25) is 4.79 Å². The molecule has 1 aliphatic rings. The van der Waals surface area contributed by atoms with Gasteiger partial charge >= 0.3 is 0 Å². The zero-order valence-electron chi connectivity index (χ0n) is 11.5. The number of hydrogen-bond acceptors (Lipinski definition) is 3. The van der Waals surface area contributed by atoms with Crippen LogP contribution in [0.2, 0.25) is 5.02 Å². The fourth-order valence-electron chi connectivity index (χ4n) is 2.78. The van der Waals surface area contributed by atoms with Gasteiger partial charge in [0.25, 0.3) is 5.56 Å². The minimum Gasteiger partial charge on any atom is -0.470 e. The van der Waals surface area contributed by atoms with Crippen molar-refractivity contribution in [1.82, 2.24) is 9.97 Å². The van der Waals surface area contributed by atoms with Crippen LogP contribution in [0.1, 0.15) is 36.7 Å². The van der Waals surface area contributed by atoms with Crippen LogP contribution in [0, 0.1) is 6.92 Å². The molecular formula is C15H15ClN2O2. The summed E-state index contributed by atoms with van der Waals surface area (Å²) in [6.45, 7) is 5.67. The number of fused-ring (bicyclic) bond motifs is 1. The smallest absolute Gasteiger partial charge is 0.258 e. The van der Waals surface area contributed by atoms with Crippen molar-refractivity contribution in [3.05, 3.63) is 56.6 Å². The first-order valence-corrected chi connectivity index (χ1v) is 6.81. The number of rotatable bonds is 1. The monoisotopic (exact) mass is 290 g/mol. The predicted octanol–water partition coefficient (Wildman–Crippen LogP) is 3.03. The second-order valence-electron chi connectivity index (χ2n) is 5.56. The first-order chi connectivity index (χ1) is 9.38. The molecule has 0 fully saturated rings. The highest BCUT2D eigenvalue weighted by Crippen LogP contribution is 2.45. The fraction of sp³-hybridized carbons (Fsp3) is 0.333. The third-order valence-corrected chi connectivity index (χ3v) is 3.84. The zero-order chi connectivity index (χ0) is 14.5. The van der Waals surface area contributed by atoms with E-state index in [0.717, 1.165) is 5.56 Å². The van der Waals surface area contributed by atoms with Crippen LogP contribution in [0.3, 0.4) is 0 Å². The van der Waals surface area contributed by atoms with Gasteiger partial charge < -0.3 is 9.72 Å². The van der Waals surface area contributed by atoms with Gasteiger partial charge in [0.2, 0.25) is 5.88 Å². The van der Waals surface area contributed by atoms with Gasteiger partial charge in [-0.05, 0) is 38.5 Å². The molecule has 2 aromatic rings. The van der Waals surface area contributed by atoms with E-state index in [1.165, 1.54) is 0 Å². The van der Waals surface area contributed by atoms with E-state index in [9.17, 15) is 4.79 Å². The molecule has 0 saturated heterocycles. The predicted molar refractivity (Wildman–Crippen MR) is 77.6 cm³/mol. The summed E-state index contributed by atoms with van der Waals surface area (Å²) in [5, 5.41) is 0.668. The molecular weight excluding hydrogens is 276 g/mol. The second kappa shape index (κ2) is 4.35. The number of benzene rings is 1. The summed E-state index contributed by atoms with van der Waals surface area (Å²) >= 11 is 5.93. The Balaban J connectivity index is 2.21.